The first-order valence-electron chi connectivity index (χ1n) is 20.5. The Kier molecular flexibility index (Phi) is 36.5. The van der Waals surface area contributed by atoms with E-state index in [2.05, 4.69) is 79.1 Å². The van der Waals surface area contributed by atoms with Crippen molar-refractivity contribution in [2.75, 3.05) is 26.4 Å². The van der Waals surface area contributed by atoms with Crippen molar-refractivity contribution >= 4 is 25.5 Å². The molecule has 12 heteroatoms. The fourth-order valence-corrected chi connectivity index (χ4v) is 5.63. The highest BCUT2D eigenvalue weighted by atomic mass is 31.2. The highest BCUT2D eigenvalue weighted by molar-refractivity contribution is 7.47. The first-order chi connectivity index (χ1) is 27.1. The summed E-state index contributed by atoms with van der Waals surface area (Å²) in [5, 5.41) is 18.3. The molecule has 0 spiro atoms. The molecule has 0 aliphatic rings. The molecule has 0 rings (SSSR count). The van der Waals surface area contributed by atoms with Crippen molar-refractivity contribution in [3.05, 3.63) is 85.1 Å². The van der Waals surface area contributed by atoms with Crippen LogP contribution in [0.5, 0.6) is 0 Å². The number of esters is 2. The summed E-state index contributed by atoms with van der Waals surface area (Å²) < 4.78 is 32.4. The topological polar surface area (TPSA) is 166 Å². The number of phosphoric ester groups is 1. The molecular formula is C44H71O11P. The predicted octanol–water partition coefficient (Wildman–Crippen LogP) is 9.84. The summed E-state index contributed by atoms with van der Waals surface area (Å²) in [5.74, 6) is -1.37. The average Bonchev–Trinajstić information content (AvgIpc) is 3.18. The number of aliphatic hydroxyl groups is 2. The van der Waals surface area contributed by atoms with Gasteiger partial charge in [-0.1, -0.05) is 125 Å². The molecule has 0 amide bonds. The van der Waals surface area contributed by atoms with Gasteiger partial charge < -0.3 is 24.6 Å². The van der Waals surface area contributed by atoms with Crippen molar-refractivity contribution in [1.82, 2.24) is 0 Å². The molecule has 3 N–H and O–H groups in total. The van der Waals surface area contributed by atoms with Crippen molar-refractivity contribution < 1.29 is 52.6 Å². The van der Waals surface area contributed by atoms with Gasteiger partial charge in [0.2, 0.25) is 0 Å². The molecule has 3 atom stereocenters. The third-order valence-corrected chi connectivity index (χ3v) is 8.96. The van der Waals surface area contributed by atoms with Crippen molar-refractivity contribution in [3.63, 3.8) is 0 Å². The zero-order valence-corrected chi connectivity index (χ0v) is 35.0. The minimum absolute atomic E-state index is 0.110. The first kappa shape index (κ1) is 52.8. The van der Waals surface area contributed by atoms with Crippen LogP contribution in [0.25, 0.3) is 0 Å². The van der Waals surface area contributed by atoms with Gasteiger partial charge in [0.05, 0.1) is 19.8 Å². The van der Waals surface area contributed by atoms with E-state index >= 15 is 0 Å². The Morgan fingerprint density at radius 2 is 1.16 bits per heavy atom. The number of allylic oxidation sites excluding steroid dienone is 14. The second-order valence-corrected chi connectivity index (χ2v) is 14.8. The highest BCUT2D eigenvalue weighted by Gasteiger charge is 2.27. The number of aliphatic hydroxyl groups excluding tert-OH is 2. The van der Waals surface area contributed by atoms with Crippen LogP contribution in [0.3, 0.4) is 0 Å². The van der Waals surface area contributed by atoms with E-state index in [0.717, 1.165) is 70.6 Å². The lowest BCUT2D eigenvalue weighted by Gasteiger charge is -2.20. The van der Waals surface area contributed by atoms with E-state index in [0.29, 0.717) is 6.42 Å². The minimum atomic E-state index is -4.69. The second-order valence-electron chi connectivity index (χ2n) is 13.3. The van der Waals surface area contributed by atoms with E-state index in [9.17, 15) is 28.9 Å². The van der Waals surface area contributed by atoms with Crippen LogP contribution in [-0.4, -0.2) is 71.5 Å². The number of phosphoric acid groups is 1. The van der Waals surface area contributed by atoms with Crippen LogP contribution < -0.4 is 0 Å². The SMILES string of the molecule is CC/C=C\C/C=C\C/C=C\CCCCCCCC(=O)OC[C@H](COP(=O)(O)OC[C@@H](O)CO)OC(=O)CCCC(=O)/C=C/C=C\C/C=C\C/C=C\CCCCC. The number of hydrogen-bond acceptors (Lipinski definition) is 10. The van der Waals surface area contributed by atoms with Gasteiger partial charge in [0.25, 0.3) is 0 Å². The van der Waals surface area contributed by atoms with Gasteiger partial charge in [0, 0.05) is 19.3 Å². The Morgan fingerprint density at radius 3 is 1.80 bits per heavy atom. The smallest absolute Gasteiger partial charge is 0.462 e. The maximum absolute atomic E-state index is 12.6. The summed E-state index contributed by atoms with van der Waals surface area (Å²) in [6.07, 6.45) is 41.3. The molecule has 0 bridgehead atoms. The molecule has 0 heterocycles. The highest BCUT2D eigenvalue weighted by Crippen LogP contribution is 2.43. The molecule has 0 aliphatic heterocycles. The normalized spacial score (nSPS) is 14.7. The molecule has 0 saturated heterocycles. The van der Waals surface area contributed by atoms with E-state index in [1.165, 1.54) is 25.3 Å². The van der Waals surface area contributed by atoms with Gasteiger partial charge in [-0.05, 0) is 76.7 Å². The summed E-state index contributed by atoms with van der Waals surface area (Å²) in [4.78, 5) is 47.1. The zero-order valence-electron chi connectivity index (χ0n) is 34.1. The van der Waals surface area contributed by atoms with Gasteiger partial charge in [-0.2, -0.15) is 0 Å². The molecule has 56 heavy (non-hydrogen) atoms. The van der Waals surface area contributed by atoms with Crippen LogP contribution in [0.4, 0.5) is 0 Å². The lowest BCUT2D eigenvalue weighted by molar-refractivity contribution is -0.161. The molecule has 0 saturated carbocycles. The van der Waals surface area contributed by atoms with Crippen molar-refractivity contribution in [1.29, 1.82) is 0 Å². The average molecular weight is 807 g/mol. The fraction of sp³-hybridized carbons (Fsp3) is 0.614. The van der Waals surface area contributed by atoms with Gasteiger partial charge in [-0.15, -0.1) is 0 Å². The molecule has 0 fully saturated rings. The first-order valence-corrected chi connectivity index (χ1v) is 22.0. The number of carbonyl (C=O) groups is 3. The molecule has 0 aromatic heterocycles. The van der Waals surface area contributed by atoms with Crippen LogP contribution in [-0.2, 0) is 37.5 Å². The van der Waals surface area contributed by atoms with E-state index in [1.54, 1.807) is 12.2 Å². The number of ether oxygens (including phenoxy) is 2. The van der Waals surface area contributed by atoms with Gasteiger partial charge in [0.15, 0.2) is 11.9 Å². The Morgan fingerprint density at radius 1 is 0.607 bits per heavy atom. The van der Waals surface area contributed by atoms with Crippen LogP contribution in [0.2, 0.25) is 0 Å². The van der Waals surface area contributed by atoms with Crippen molar-refractivity contribution in [2.45, 2.75) is 148 Å². The van der Waals surface area contributed by atoms with Crippen molar-refractivity contribution in [3.8, 4) is 0 Å². The number of carbonyl (C=O) groups excluding carboxylic acids is 3. The summed E-state index contributed by atoms with van der Waals surface area (Å²) in [6.45, 7) is 1.91. The molecule has 11 nitrogen and oxygen atoms in total. The Balaban J connectivity index is 4.58. The molecule has 0 aromatic rings. The van der Waals surface area contributed by atoms with E-state index in [-0.39, 0.29) is 31.5 Å². The van der Waals surface area contributed by atoms with Gasteiger partial charge >= 0.3 is 19.8 Å². The maximum Gasteiger partial charge on any atom is 0.472 e. The number of unbranched alkanes of at least 4 members (excludes halogenated alkanes) is 8. The Labute approximate surface area is 336 Å². The minimum Gasteiger partial charge on any atom is -0.462 e. The Hall–Kier alpha value is -3.18. The Bertz CT molecular complexity index is 1270. The van der Waals surface area contributed by atoms with Gasteiger partial charge in [-0.3, -0.25) is 23.4 Å². The van der Waals surface area contributed by atoms with E-state index in [1.807, 2.05) is 6.08 Å². The van der Waals surface area contributed by atoms with Crippen LogP contribution in [0.15, 0.2) is 85.1 Å². The molecule has 0 aromatic carbocycles. The standard InChI is InChI=1S/C44H71O11P/c1-3-5-7-9-11-13-15-17-18-20-22-24-26-28-30-34-43(48)52-38-42(39-54-56(50,51)53-37-41(47)36-45)55-44(49)35-31-33-40(46)32-29-27-25-23-21-19-16-14-12-10-8-6-4-2/h5,7,11-14,17-19,21,25,27,29,32,41-42,45,47H,3-4,6,8-10,15-16,20,22-24,26,28,30-31,33-39H2,1-2H3,(H,50,51)/b7-5-,13-11-,14-12-,18-17-,21-19-,27-25-,32-29+/t41-,42+/m0/s1. The molecule has 318 valence electrons. The summed E-state index contributed by atoms with van der Waals surface area (Å²) in [5.41, 5.74) is 0. The quantitative estimate of drug-likeness (QED) is 0.0137. The summed E-state index contributed by atoms with van der Waals surface area (Å²) in [6, 6.07) is 0. The molecular weight excluding hydrogens is 735 g/mol. The summed E-state index contributed by atoms with van der Waals surface area (Å²) in [7, 11) is -4.69. The van der Waals surface area contributed by atoms with E-state index < -0.39 is 58.4 Å². The summed E-state index contributed by atoms with van der Waals surface area (Å²) >= 11 is 0. The third kappa shape index (κ3) is 37.7. The molecule has 0 radical (unpaired) electrons. The third-order valence-electron chi connectivity index (χ3n) is 8.01. The number of rotatable bonds is 37. The van der Waals surface area contributed by atoms with Gasteiger partial charge in [0.1, 0.15) is 12.7 Å². The number of ketones is 1. The molecule has 1 unspecified atom stereocenters. The largest absolute Gasteiger partial charge is 0.472 e. The zero-order chi connectivity index (χ0) is 41.4. The van der Waals surface area contributed by atoms with E-state index in [4.69, 9.17) is 19.1 Å². The predicted molar refractivity (Wildman–Crippen MR) is 224 cm³/mol. The van der Waals surface area contributed by atoms with Crippen LogP contribution in [0.1, 0.15) is 136 Å². The second kappa shape index (κ2) is 38.7. The van der Waals surface area contributed by atoms with Crippen molar-refractivity contribution in [2.24, 2.45) is 0 Å². The van der Waals surface area contributed by atoms with Crippen LogP contribution >= 0.6 is 7.82 Å². The fourth-order valence-electron chi connectivity index (χ4n) is 4.84. The lowest BCUT2D eigenvalue weighted by Crippen LogP contribution is -2.30. The molecule has 0 aliphatic carbocycles. The maximum atomic E-state index is 12.6. The van der Waals surface area contributed by atoms with Gasteiger partial charge in [-0.25, -0.2) is 4.57 Å². The monoisotopic (exact) mass is 806 g/mol. The van der Waals surface area contributed by atoms with Crippen LogP contribution in [0, 0.1) is 0 Å². The number of hydrogen-bond donors (Lipinski definition) is 3. The lowest BCUT2D eigenvalue weighted by atomic mass is 10.1.